The number of hydrogen-bond acceptors (Lipinski definition) is 3. The highest BCUT2D eigenvalue weighted by Crippen LogP contribution is 2.31. The Hall–Kier alpha value is -4.51. The molecular weight excluding hydrogens is 396 g/mol. The van der Waals surface area contributed by atoms with Crippen LogP contribution in [0, 0.1) is 0 Å². The van der Waals surface area contributed by atoms with E-state index < -0.39 is 0 Å². The quantitative estimate of drug-likeness (QED) is 0.346. The Morgan fingerprint density at radius 3 is 1.62 bits per heavy atom. The van der Waals surface area contributed by atoms with Crippen molar-refractivity contribution >= 4 is 28.4 Å². The highest BCUT2D eigenvalue weighted by atomic mass is 16.2. The standard InChI is InChI=1S/C27H20N4O/c32-27(28-21-14-8-3-9-15-21)29-22-16-17-23-24(18-22)31-26(20-12-6-2-7-13-20)25(30-23)19-10-4-1-5-11-19/h1-18H,(H2,28,29,32). The van der Waals surface area contributed by atoms with Crippen LogP contribution in [0.25, 0.3) is 33.5 Å². The van der Waals surface area contributed by atoms with Gasteiger partial charge in [0.2, 0.25) is 0 Å². The number of nitrogens with zero attached hydrogens (tertiary/aromatic N) is 2. The molecule has 0 bridgehead atoms. The van der Waals surface area contributed by atoms with Gasteiger partial charge in [-0.2, -0.15) is 0 Å². The molecule has 2 N–H and O–H groups in total. The summed E-state index contributed by atoms with van der Waals surface area (Å²) in [7, 11) is 0. The summed E-state index contributed by atoms with van der Waals surface area (Å²) in [5.74, 6) is 0. The first-order valence-corrected chi connectivity index (χ1v) is 10.3. The third kappa shape index (κ3) is 4.18. The molecule has 4 aromatic carbocycles. The summed E-state index contributed by atoms with van der Waals surface area (Å²) in [5.41, 5.74) is 6.46. The molecule has 0 saturated carbocycles. The Kier molecular flexibility index (Phi) is 5.29. The predicted molar refractivity (Wildman–Crippen MR) is 129 cm³/mol. The van der Waals surface area contributed by atoms with E-state index in [9.17, 15) is 4.79 Å². The lowest BCUT2D eigenvalue weighted by atomic mass is 10.0. The van der Waals surface area contributed by atoms with Crippen LogP contribution in [0.3, 0.4) is 0 Å². The first-order valence-electron chi connectivity index (χ1n) is 10.3. The Labute approximate surface area is 185 Å². The molecule has 5 heteroatoms. The molecule has 0 spiro atoms. The zero-order valence-corrected chi connectivity index (χ0v) is 17.2. The summed E-state index contributed by atoms with van der Waals surface area (Å²) in [6, 6.07) is 34.6. The van der Waals surface area contributed by atoms with Crippen LogP contribution in [0.2, 0.25) is 0 Å². The van der Waals surface area contributed by atoms with Crippen molar-refractivity contribution in [1.29, 1.82) is 0 Å². The van der Waals surface area contributed by atoms with Gasteiger partial charge in [-0.15, -0.1) is 0 Å². The summed E-state index contributed by atoms with van der Waals surface area (Å²) >= 11 is 0. The highest BCUT2D eigenvalue weighted by molar-refractivity contribution is 6.01. The van der Waals surface area contributed by atoms with Gasteiger partial charge >= 0.3 is 6.03 Å². The van der Waals surface area contributed by atoms with Crippen LogP contribution in [0.1, 0.15) is 0 Å². The zero-order chi connectivity index (χ0) is 21.8. The van der Waals surface area contributed by atoms with Crippen LogP contribution < -0.4 is 10.6 Å². The van der Waals surface area contributed by atoms with Crippen LogP contribution in [0.15, 0.2) is 109 Å². The summed E-state index contributed by atoms with van der Waals surface area (Å²) in [6.45, 7) is 0. The fourth-order valence-electron chi connectivity index (χ4n) is 3.54. The number of rotatable bonds is 4. The van der Waals surface area contributed by atoms with Gasteiger partial charge in [0, 0.05) is 22.5 Å². The van der Waals surface area contributed by atoms with Crippen molar-refractivity contribution in [2.45, 2.75) is 0 Å². The van der Waals surface area contributed by atoms with E-state index >= 15 is 0 Å². The SMILES string of the molecule is O=C(Nc1ccccc1)Nc1ccc2nc(-c3ccccc3)c(-c3ccccc3)nc2c1. The molecule has 1 aromatic heterocycles. The van der Waals surface area contributed by atoms with Crippen LogP contribution in [0.5, 0.6) is 0 Å². The molecule has 2 amide bonds. The van der Waals surface area contributed by atoms with Crippen molar-refractivity contribution in [2.24, 2.45) is 0 Å². The van der Waals surface area contributed by atoms with Crippen LogP contribution in [-0.2, 0) is 0 Å². The van der Waals surface area contributed by atoms with E-state index in [2.05, 4.69) is 10.6 Å². The van der Waals surface area contributed by atoms with Crippen molar-refractivity contribution in [1.82, 2.24) is 9.97 Å². The molecule has 0 radical (unpaired) electrons. The minimum absolute atomic E-state index is 0.312. The molecule has 5 aromatic rings. The number of carbonyl (C=O) groups excluding carboxylic acids is 1. The number of fused-ring (bicyclic) bond motifs is 1. The topological polar surface area (TPSA) is 66.9 Å². The maximum Gasteiger partial charge on any atom is 0.323 e. The van der Waals surface area contributed by atoms with Gasteiger partial charge in [-0.25, -0.2) is 14.8 Å². The van der Waals surface area contributed by atoms with E-state index in [4.69, 9.17) is 9.97 Å². The number of hydrogen-bond donors (Lipinski definition) is 2. The van der Waals surface area contributed by atoms with Gasteiger partial charge in [0.15, 0.2) is 0 Å². The van der Waals surface area contributed by atoms with Gasteiger partial charge in [0.1, 0.15) is 0 Å². The Bertz CT molecular complexity index is 1370. The first-order chi connectivity index (χ1) is 15.8. The molecule has 0 unspecified atom stereocenters. The largest absolute Gasteiger partial charge is 0.323 e. The fraction of sp³-hybridized carbons (Fsp3) is 0. The molecular formula is C27H20N4O. The number of nitrogens with one attached hydrogen (secondary N) is 2. The molecule has 0 aliphatic heterocycles. The monoisotopic (exact) mass is 416 g/mol. The number of urea groups is 1. The van der Waals surface area contributed by atoms with E-state index in [1.807, 2.05) is 109 Å². The number of carbonyl (C=O) groups is 1. The number of amides is 2. The predicted octanol–water partition coefficient (Wildman–Crippen LogP) is 6.61. The van der Waals surface area contributed by atoms with E-state index in [-0.39, 0.29) is 6.03 Å². The van der Waals surface area contributed by atoms with Crippen molar-refractivity contribution in [3.8, 4) is 22.5 Å². The number of aromatic nitrogens is 2. The second kappa shape index (κ2) is 8.70. The molecule has 5 nitrogen and oxygen atoms in total. The third-order valence-electron chi connectivity index (χ3n) is 5.05. The molecule has 1 heterocycles. The molecule has 154 valence electrons. The molecule has 0 aliphatic carbocycles. The smallest absolute Gasteiger partial charge is 0.308 e. The van der Waals surface area contributed by atoms with Crippen LogP contribution in [0.4, 0.5) is 16.2 Å². The zero-order valence-electron chi connectivity index (χ0n) is 17.2. The van der Waals surface area contributed by atoms with E-state index in [0.717, 1.165) is 33.7 Å². The lowest BCUT2D eigenvalue weighted by molar-refractivity contribution is 0.262. The van der Waals surface area contributed by atoms with Crippen molar-refractivity contribution in [3.05, 3.63) is 109 Å². The van der Waals surface area contributed by atoms with E-state index in [1.54, 1.807) is 0 Å². The second-order valence-electron chi connectivity index (χ2n) is 7.30. The summed E-state index contributed by atoms with van der Waals surface area (Å²) in [5, 5.41) is 5.69. The maximum atomic E-state index is 12.4. The van der Waals surface area contributed by atoms with E-state index in [1.165, 1.54) is 0 Å². The Morgan fingerprint density at radius 1 is 0.531 bits per heavy atom. The fourth-order valence-corrected chi connectivity index (χ4v) is 3.54. The molecule has 5 rings (SSSR count). The van der Waals surface area contributed by atoms with Crippen molar-refractivity contribution in [2.75, 3.05) is 10.6 Å². The van der Waals surface area contributed by atoms with Crippen molar-refractivity contribution in [3.63, 3.8) is 0 Å². The third-order valence-corrected chi connectivity index (χ3v) is 5.05. The second-order valence-corrected chi connectivity index (χ2v) is 7.30. The van der Waals surface area contributed by atoms with Gasteiger partial charge < -0.3 is 10.6 Å². The van der Waals surface area contributed by atoms with Gasteiger partial charge in [0.05, 0.1) is 22.4 Å². The summed E-state index contributed by atoms with van der Waals surface area (Å²) < 4.78 is 0. The molecule has 0 saturated heterocycles. The minimum atomic E-state index is -0.312. The van der Waals surface area contributed by atoms with Gasteiger partial charge in [-0.05, 0) is 30.3 Å². The lowest BCUT2D eigenvalue weighted by Crippen LogP contribution is -2.19. The minimum Gasteiger partial charge on any atom is -0.308 e. The van der Waals surface area contributed by atoms with Gasteiger partial charge in [-0.1, -0.05) is 78.9 Å². The van der Waals surface area contributed by atoms with Gasteiger partial charge in [0.25, 0.3) is 0 Å². The number of para-hydroxylation sites is 1. The summed E-state index contributed by atoms with van der Waals surface area (Å²) in [6.07, 6.45) is 0. The average molecular weight is 416 g/mol. The average Bonchev–Trinajstić information content (AvgIpc) is 2.85. The number of benzene rings is 4. The number of anilines is 2. The first kappa shape index (κ1) is 19.5. The Morgan fingerprint density at radius 2 is 1.03 bits per heavy atom. The van der Waals surface area contributed by atoms with Crippen LogP contribution in [-0.4, -0.2) is 16.0 Å². The normalized spacial score (nSPS) is 10.6. The Balaban J connectivity index is 1.52. The van der Waals surface area contributed by atoms with E-state index in [0.29, 0.717) is 11.2 Å². The van der Waals surface area contributed by atoms with Gasteiger partial charge in [-0.3, -0.25) is 0 Å². The lowest BCUT2D eigenvalue weighted by Gasteiger charge is -2.12. The molecule has 0 fully saturated rings. The van der Waals surface area contributed by atoms with Crippen LogP contribution >= 0.6 is 0 Å². The molecule has 0 aliphatic rings. The molecule has 32 heavy (non-hydrogen) atoms. The summed E-state index contributed by atoms with van der Waals surface area (Å²) in [4.78, 5) is 22.2. The van der Waals surface area contributed by atoms with Crippen molar-refractivity contribution < 1.29 is 4.79 Å². The highest BCUT2D eigenvalue weighted by Gasteiger charge is 2.13. The maximum absolute atomic E-state index is 12.4. The molecule has 0 atom stereocenters.